The van der Waals surface area contributed by atoms with Gasteiger partial charge in [0, 0.05) is 9.80 Å². The van der Waals surface area contributed by atoms with Crippen molar-refractivity contribution in [3.05, 3.63) is 32.5 Å². The molecule has 0 aromatic heterocycles. The zero-order chi connectivity index (χ0) is 8.43. The maximum Gasteiger partial charge on any atom is 0.138 e. The third kappa shape index (κ3) is 2.04. The van der Waals surface area contributed by atoms with Crippen molar-refractivity contribution in [2.24, 2.45) is 0 Å². The Labute approximate surface area is 89.6 Å². The first-order chi connectivity index (χ1) is 5.16. The smallest absolute Gasteiger partial charge is 0.138 e. The van der Waals surface area contributed by atoms with Crippen molar-refractivity contribution in [1.29, 1.82) is 0 Å². The number of hydrogen-bond donors (Lipinski definition) is 0. The molecule has 0 spiro atoms. The van der Waals surface area contributed by atoms with Gasteiger partial charge >= 0.3 is 0 Å². The van der Waals surface area contributed by atoms with E-state index in [4.69, 9.17) is 0 Å². The summed E-state index contributed by atoms with van der Waals surface area (Å²) in [6.45, 7) is 0. The van der Waals surface area contributed by atoms with E-state index >= 15 is 0 Å². The highest BCUT2D eigenvalue weighted by atomic mass is 79.9. The molecule has 4 heteroatoms. The van der Waals surface area contributed by atoms with Gasteiger partial charge in [0.1, 0.15) is 5.82 Å². The molecule has 0 aliphatic rings. The second-order valence-electron chi connectivity index (χ2n) is 1.97. The van der Waals surface area contributed by atoms with Crippen LogP contribution >= 0.6 is 47.8 Å². The van der Waals surface area contributed by atoms with Gasteiger partial charge in [-0.3, -0.25) is 0 Å². The van der Waals surface area contributed by atoms with Crippen LogP contribution in [-0.4, -0.2) is 0 Å². The van der Waals surface area contributed by atoms with Crippen LogP contribution in [0.4, 0.5) is 4.39 Å². The van der Waals surface area contributed by atoms with Crippen LogP contribution in [0.3, 0.4) is 0 Å². The first kappa shape index (κ1) is 9.68. The molecule has 0 N–H and O–H groups in total. The van der Waals surface area contributed by atoms with Gasteiger partial charge in [-0.2, -0.15) is 0 Å². The van der Waals surface area contributed by atoms with E-state index in [0.29, 0.717) is 9.80 Å². The zero-order valence-corrected chi connectivity index (χ0v) is 10.1. The summed E-state index contributed by atoms with van der Waals surface area (Å²) in [5.41, 5.74) is 1.03. The quantitative estimate of drug-likeness (QED) is 0.527. The maximum absolute atomic E-state index is 12.8. The molecule has 1 aromatic rings. The van der Waals surface area contributed by atoms with Crippen molar-refractivity contribution in [2.45, 2.75) is 5.33 Å². The molecule has 0 aliphatic carbocycles. The molecule has 0 saturated heterocycles. The van der Waals surface area contributed by atoms with E-state index < -0.39 is 0 Å². The highest BCUT2D eigenvalue weighted by Crippen LogP contribution is 2.30. The Morgan fingerprint density at radius 1 is 1.18 bits per heavy atom. The molecule has 1 rings (SSSR count). The molecule has 0 fully saturated rings. The van der Waals surface area contributed by atoms with E-state index in [9.17, 15) is 4.39 Å². The van der Waals surface area contributed by atoms with E-state index in [1.54, 1.807) is 6.07 Å². The predicted octanol–water partition coefficient (Wildman–Crippen LogP) is 4.25. The normalized spacial score (nSPS) is 10.2. The van der Waals surface area contributed by atoms with Gasteiger partial charge in [0.25, 0.3) is 0 Å². The van der Waals surface area contributed by atoms with Gasteiger partial charge in [0.05, 0.1) is 4.47 Å². The van der Waals surface area contributed by atoms with Crippen LogP contribution in [0.2, 0.25) is 0 Å². The first-order valence-electron chi connectivity index (χ1n) is 2.85. The number of hydrogen-bond acceptors (Lipinski definition) is 0. The lowest BCUT2D eigenvalue weighted by Crippen LogP contribution is -1.85. The summed E-state index contributed by atoms with van der Waals surface area (Å²) in [5, 5.41) is 0.715. The van der Waals surface area contributed by atoms with Crippen molar-refractivity contribution < 1.29 is 4.39 Å². The molecule has 0 bridgehead atoms. The van der Waals surface area contributed by atoms with E-state index in [2.05, 4.69) is 47.8 Å². The minimum Gasteiger partial charge on any atom is -0.206 e. The summed E-state index contributed by atoms with van der Waals surface area (Å²) in [4.78, 5) is 0. The van der Waals surface area contributed by atoms with Gasteiger partial charge in [-0.05, 0) is 43.5 Å². The summed E-state index contributed by atoms with van der Waals surface area (Å²) in [7, 11) is 0. The number of rotatable bonds is 1. The van der Waals surface area contributed by atoms with Crippen LogP contribution in [-0.2, 0) is 5.33 Å². The van der Waals surface area contributed by atoms with E-state index in [-0.39, 0.29) is 5.82 Å². The van der Waals surface area contributed by atoms with Gasteiger partial charge in [0.2, 0.25) is 0 Å². The monoisotopic (exact) mass is 344 g/mol. The van der Waals surface area contributed by atoms with Crippen LogP contribution in [0.1, 0.15) is 5.56 Å². The average molecular weight is 347 g/mol. The number of benzene rings is 1. The molecular weight excluding hydrogens is 343 g/mol. The minimum atomic E-state index is -0.249. The molecular formula is C7H4Br3F. The molecule has 60 valence electrons. The number of alkyl halides is 1. The van der Waals surface area contributed by atoms with Gasteiger partial charge in [-0.1, -0.05) is 22.0 Å². The lowest BCUT2D eigenvalue weighted by atomic mass is 10.2. The van der Waals surface area contributed by atoms with E-state index in [1.807, 2.05) is 0 Å². The fourth-order valence-corrected chi connectivity index (χ4v) is 2.36. The van der Waals surface area contributed by atoms with Crippen LogP contribution in [0.25, 0.3) is 0 Å². The highest BCUT2D eigenvalue weighted by Gasteiger charge is 2.06. The Morgan fingerprint density at radius 2 is 1.82 bits per heavy atom. The van der Waals surface area contributed by atoms with Crippen LogP contribution in [0.5, 0.6) is 0 Å². The molecule has 0 radical (unpaired) electrons. The largest absolute Gasteiger partial charge is 0.206 e. The third-order valence-electron chi connectivity index (χ3n) is 1.26. The van der Waals surface area contributed by atoms with Crippen molar-refractivity contribution in [3.8, 4) is 0 Å². The number of halogens is 4. The summed E-state index contributed by atoms with van der Waals surface area (Å²) in [5.74, 6) is -0.249. The van der Waals surface area contributed by atoms with Crippen LogP contribution in [0, 0.1) is 5.82 Å². The second kappa shape index (κ2) is 4.01. The first-order valence-corrected chi connectivity index (χ1v) is 5.56. The summed E-state index contributed by atoms with van der Waals surface area (Å²) in [6, 6.07) is 3.17. The standard InChI is InChI=1S/C7H4Br3F/c8-3-4-1-2-5(11)7(10)6(4)9/h1-2H,3H2. The van der Waals surface area contributed by atoms with Gasteiger partial charge in [0.15, 0.2) is 0 Å². The summed E-state index contributed by atoms with van der Waals surface area (Å²) in [6.07, 6.45) is 0. The Balaban J connectivity index is 3.25. The third-order valence-corrected chi connectivity index (χ3v) is 4.08. The van der Waals surface area contributed by atoms with Crippen molar-refractivity contribution in [3.63, 3.8) is 0 Å². The molecule has 0 nitrogen and oxygen atoms in total. The van der Waals surface area contributed by atoms with Gasteiger partial charge in [-0.25, -0.2) is 4.39 Å². The van der Waals surface area contributed by atoms with Gasteiger partial charge in [-0.15, -0.1) is 0 Å². The average Bonchev–Trinajstić information content (AvgIpc) is 2.01. The Kier molecular flexibility index (Phi) is 3.52. The van der Waals surface area contributed by atoms with Crippen molar-refractivity contribution in [1.82, 2.24) is 0 Å². The molecule has 0 aliphatic heterocycles. The fourth-order valence-electron chi connectivity index (χ4n) is 0.669. The van der Waals surface area contributed by atoms with E-state index in [0.717, 1.165) is 10.0 Å². The Morgan fingerprint density at radius 3 is 2.36 bits per heavy atom. The highest BCUT2D eigenvalue weighted by molar-refractivity contribution is 9.13. The molecule has 0 unspecified atom stereocenters. The molecule has 11 heavy (non-hydrogen) atoms. The topological polar surface area (TPSA) is 0 Å². The van der Waals surface area contributed by atoms with Crippen LogP contribution < -0.4 is 0 Å². The van der Waals surface area contributed by atoms with Gasteiger partial charge < -0.3 is 0 Å². The molecule has 0 saturated carbocycles. The second-order valence-corrected chi connectivity index (χ2v) is 4.11. The predicted molar refractivity (Wildman–Crippen MR) is 54.4 cm³/mol. The lowest BCUT2D eigenvalue weighted by Gasteiger charge is -2.02. The lowest BCUT2D eigenvalue weighted by molar-refractivity contribution is 0.619. The SMILES string of the molecule is Fc1ccc(CBr)c(Br)c1Br. The zero-order valence-electron chi connectivity index (χ0n) is 5.37. The molecule has 1 aromatic carbocycles. The summed E-state index contributed by atoms with van der Waals surface area (Å²) >= 11 is 9.70. The maximum atomic E-state index is 12.8. The summed E-state index contributed by atoms with van der Waals surface area (Å²) < 4.78 is 14.1. The van der Waals surface area contributed by atoms with Crippen molar-refractivity contribution in [2.75, 3.05) is 0 Å². The Bertz CT molecular complexity index is 273. The molecule has 0 amide bonds. The fraction of sp³-hybridized carbons (Fsp3) is 0.143. The van der Waals surface area contributed by atoms with Crippen molar-refractivity contribution >= 4 is 47.8 Å². The minimum absolute atomic E-state index is 0.249. The van der Waals surface area contributed by atoms with Crippen LogP contribution in [0.15, 0.2) is 21.1 Å². The Hall–Kier alpha value is 0.590. The van der Waals surface area contributed by atoms with E-state index in [1.165, 1.54) is 6.07 Å². The molecule has 0 atom stereocenters. The molecule has 0 heterocycles.